The van der Waals surface area contributed by atoms with Crippen molar-refractivity contribution < 1.29 is 0 Å². The molecule has 98 valence electrons. The molecule has 2 aromatic rings. The van der Waals surface area contributed by atoms with Crippen LogP contribution in [0.25, 0.3) is 0 Å². The van der Waals surface area contributed by atoms with Crippen molar-refractivity contribution in [3.8, 4) is 0 Å². The highest BCUT2D eigenvalue weighted by Gasteiger charge is 1.96. The highest BCUT2D eigenvalue weighted by molar-refractivity contribution is 6.29. The second-order valence-electron chi connectivity index (χ2n) is 4.17. The zero-order valence-electron chi connectivity index (χ0n) is 10.8. The highest BCUT2D eigenvalue weighted by Crippen LogP contribution is 2.14. The number of hydrogen-bond donors (Lipinski definition) is 0. The van der Waals surface area contributed by atoms with Crippen molar-refractivity contribution in [2.45, 2.75) is 6.54 Å². The van der Waals surface area contributed by atoms with Gasteiger partial charge in [-0.1, -0.05) is 23.7 Å². The van der Waals surface area contributed by atoms with Gasteiger partial charge in [-0.2, -0.15) is 5.11 Å². The molecule has 1 heterocycles. The molecule has 0 spiro atoms. The Hall–Kier alpha value is -2.01. The number of hydrogen-bond acceptors (Lipinski definition) is 5. The Labute approximate surface area is 117 Å². The van der Waals surface area contributed by atoms with E-state index in [0.717, 1.165) is 11.3 Å². The molecule has 0 bridgehead atoms. The Morgan fingerprint density at radius 1 is 1.05 bits per heavy atom. The molecule has 1 aromatic heterocycles. The van der Waals surface area contributed by atoms with Gasteiger partial charge >= 0.3 is 0 Å². The quantitative estimate of drug-likeness (QED) is 0.803. The summed E-state index contributed by atoms with van der Waals surface area (Å²) < 4.78 is 0. The largest absolute Gasteiger partial charge is 0.378 e. The van der Waals surface area contributed by atoms with Crippen LogP contribution in [0.5, 0.6) is 0 Å². The summed E-state index contributed by atoms with van der Waals surface area (Å²) >= 11 is 5.63. The lowest BCUT2D eigenvalue weighted by Gasteiger charge is -2.11. The van der Waals surface area contributed by atoms with Gasteiger partial charge in [0.25, 0.3) is 0 Å². The standard InChI is InChI=1S/C13H14ClN5/c1-19(2)11-5-3-10(4-6-11)9-15-17-13-8-7-12(14)16-18-13/h3-8H,9H2,1-2H3. The van der Waals surface area contributed by atoms with E-state index < -0.39 is 0 Å². The van der Waals surface area contributed by atoms with Gasteiger partial charge in [-0.3, -0.25) is 0 Å². The number of anilines is 1. The average Bonchev–Trinajstić information content (AvgIpc) is 2.41. The predicted octanol–water partition coefficient (Wildman–Crippen LogP) is 3.48. The zero-order chi connectivity index (χ0) is 13.7. The Balaban J connectivity index is 1.96. The second-order valence-corrected chi connectivity index (χ2v) is 4.56. The topological polar surface area (TPSA) is 53.7 Å². The van der Waals surface area contributed by atoms with Crippen LogP contribution < -0.4 is 4.90 Å². The lowest BCUT2D eigenvalue weighted by atomic mass is 10.2. The van der Waals surface area contributed by atoms with Gasteiger partial charge < -0.3 is 4.90 Å². The summed E-state index contributed by atoms with van der Waals surface area (Å²) in [7, 11) is 4.02. The number of nitrogens with zero attached hydrogens (tertiary/aromatic N) is 5. The van der Waals surface area contributed by atoms with E-state index in [1.807, 2.05) is 38.4 Å². The molecule has 0 aliphatic heterocycles. The average molecular weight is 276 g/mol. The zero-order valence-corrected chi connectivity index (χ0v) is 11.5. The van der Waals surface area contributed by atoms with Crippen LogP contribution in [0, 0.1) is 0 Å². The maximum absolute atomic E-state index is 5.63. The van der Waals surface area contributed by atoms with Crippen molar-refractivity contribution >= 4 is 23.1 Å². The molecule has 0 radical (unpaired) electrons. The minimum Gasteiger partial charge on any atom is -0.378 e. The fourth-order valence-corrected chi connectivity index (χ4v) is 1.55. The first-order valence-electron chi connectivity index (χ1n) is 5.78. The molecule has 2 rings (SSSR count). The molecule has 0 aliphatic carbocycles. The number of halogens is 1. The Kier molecular flexibility index (Phi) is 4.41. The fraction of sp³-hybridized carbons (Fsp3) is 0.231. The molecule has 5 nitrogen and oxygen atoms in total. The SMILES string of the molecule is CN(C)c1ccc(CN=Nc2ccc(Cl)nn2)cc1. The number of aromatic nitrogens is 2. The van der Waals surface area contributed by atoms with Gasteiger partial charge in [0.15, 0.2) is 11.0 Å². The van der Waals surface area contributed by atoms with Crippen molar-refractivity contribution in [1.29, 1.82) is 0 Å². The van der Waals surface area contributed by atoms with E-state index in [9.17, 15) is 0 Å². The molecule has 0 saturated carbocycles. The van der Waals surface area contributed by atoms with Gasteiger partial charge in [0, 0.05) is 19.8 Å². The number of rotatable bonds is 4. The third-order valence-electron chi connectivity index (χ3n) is 2.50. The van der Waals surface area contributed by atoms with Gasteiger partial charge in [0.2, 0.25) is 0 Å². The summed E-state index contributed by atoms with van der Waals surface area (Å²) in [6.45, 7) is 0.512. The van der Waals surface area contributed by atoms with Crippen LogP contribution in [0.4, 0.5) is 11.5 Å². The van der Waals surface area contributed by atoms with Crippen LogP contribution >= 0.6 is 11.6 Å². The summed E-state index contributed by atoms with van der Waals surface area (Å²) in [5.41, 5.74) is 2.25. The molecule has 0 atom stereocenters. The van der Waals surface area contributed by atoms with E-state index in [2.05, 4.69) is 25.3 Å². The maximum Gasteiger partial charge on any atom is 0.196 e. The van der Waals surface area contributed by atoms with Crippen LogP contribution in [-0.2, 0) is 6.54 Å². The van der Waals surface area contributed by atoms with E-state index in [0.29, 0.717) is 17.5 Å². The Bertz CT molecular complexity index is 548. The van der Waals surface area contributed by atoms with Crippen LogP contribution in [0.3, 0.4) is 0 Å². The first kappa shape index (κ1) is 13.4. The van der Waals surface area contributed by atoms with Gasteiger partial charge in [-0.05, 0) is 29.8 Å². The summed E-state index contributed by atoms with van der Waals surface area (Å²) in [5.74, 6) is 0.453. The normalized spacial score (nSPS) is 10.9. The molecule has 0 amide bonds. The maximum atomic E-state index is 5.63. The fourth-order valence-electron chi connectivity index (χ4n) is 1.45. The van der Waals surface area contributed by atoms with E-state index in [1.54, 1.807) is 12.1 Å². The minimum atomic E-state index is 0.346. The van der Waals surface area contributed by atoms with Gasteiger partial charge in [-0.25, -0.2) is 0 Å². The van der Waals surface area contributed by atoms with Gasteiger partial charge in [0.05, 0.1) is 6.54 Å². The minimum absolute atomic E-state index is 0.346. The Morgan fingerprint density at radius 3 is 2.37 bits per heavy atom. The van der Waals surface area contributed by atoms with Crippen molar-refractivity contribution in [2.24, 2.45) is 10.2 Å². The van der Waals surface area contributed by atoms with Crippen molar-refractivity contribution in [1.82, 2.24) is 10.2 Å². The molecule has 0 saturated heterocycles. The highest BCUT2D eigenvalue weighted by atomic mass is 35.5. The number of azo groups is 1. The predicted molar refractivity (Wildman–Crippen MR) is 76.0 cm³/mol. The summed E-state index contributed by atoms with van der Waals surface area (Å²) in [4.78, 5) is 2.05. The number of benzene rings is 1. The Morgan fingerprint density at radius 2 is 1.79 bits per heavy atom. The summed E-state index contributed by atoms with van der Waals surface area (Å²) in [6.07, 6.45) is 0. The first-order chi connectivity index (χ1) is 9.15. The van der Waals surface area contributed by atoms with Crippen molar-refractivity contribution in [2.75, 3.05) is 19.0 Å². The molecule has 0 unspecified atom stereocenters. The monoisotopic (exact) mass is 275 g/mol. The summed E-state index contributed by atoms with van der Waals surface area (Å²) in [5, 5.41) is 15.9. The molecule has 1 aromatic carbocycles. The van der Waals surface area contributed by atoms with Crippen LogP contribution in [0.2, 0.25) is 5.15 Å². The van der Waals surface area contributed by atoms with Gasteiger partial charge in [0.1, 0.15) is 0 Å². The molecule has 0 fully saturated rings. The van der Waals surface area contributed by atoms with Crippen molar-refractivity contribution in [3.63, 3.8) is 0 Å². The lowest BCUT2D eigenvalue weighted by molar-refractivity contribution is 0.920. The lowest BCUT2D eigenvalue weighted by Crippen LogP contribution is -2.08. The third-order valence-corrected chi connectivity index (χ3v) is 2.70. The molecule has 6 heteroatoms. The smallest absolute Gasteiger partial charge is 0.196 e. The second kappa shape index (κ2) is 6.24. The van der Waals surface area contributed by atoms with Crippen LogP contribution in [0.15, 0.2) is 46.6 Å². The molecule has 0 N–H and O–H groups in total. The van der Waals surface area contributed by atoms with Crippen molar-refractivity contribution in [3.05, 3.63) is 47.1 Å². The van der Waals surface area contributed by atoms with E-state index in [1.165, 1.54) is 0 Å². The first-order valence-corrected chi connectivity index (χ1v) is 6.16. The van der Waals surface area contributed by atoms with E-state index in [4.69, 9.17) is 11.6 Å². The van der Waals surface area contributed by atoms with Crippen LogP contribution in [-0.4, -0.2) is 24.3 Å². The summed E-state index contributed by atoms with van der Waals surface area (Å²) in [6, 6.07) is 11.5. The third kappa shape index (κ3) is 3.99. The van der Waals surface area contributed by atoms with Crippen LogP contribution in [0.1, 0.15) is 5.56 Å². The van der Waals surface area contributed by atoms with Gasteiger partial charge in [-0.15, -0.1) is 15.3 Å². The molecule has 0 aliphatic rings. The molecular weight excluding hydrogens is 262 g/mol. The molecular formula is C13H14ClN5. The van der Waals surface area contributed by atoms with E-state index in [-0.39, 0.29) is 0 Å². The van der Waals surface area contributed by atoms with E-state index >= 15 is 0 Å². The molecule has 19 heavy (non-hydrogen) atoms.